The van der Waals surface area contributed by atoms with Crippen LogP contribution >= 0.6 is 27.3 Å². The minimum Gasteiger partial charge on any atom is -0.357 e. The van der Waals surface area contributed by atoms with Crippen molar-refractivity contribution in [1.29, 1.82) is 0 Å². The highest BCUT2D eigenvalue weighted by molar-refractivity contribution is 9.10. The standard InChI is InChI=1S/C12H20BrN3S/c1-4-14-12(15-6-9(2)3)16-7-11-5-10(13)8-17-11/h5,8-9H,4,6-7H2,1-3H3,(H2,14,15,16). The molecule has 1 heterocycles. The van der Waals surface area contributed by atoms with E-state index in [1.807, 2.05) is 0 Å². The van der Waals surface area contributed by atoms with Gasteiger partial charge < -0.3 is 10.6 Å². The van der Waals surface area contributed by atoms with Crippen molar-refractivity contribution in [2.75, 3.05) is 13.1 Å². The summed E-state index contributed by atoms with van der Waals surface area (Å²) in [6.07, 6.45) is 0. The van der Waals surface area contributed by atoms with E-state index in [4.69, 9.17) is 0 Å². The van der Waals surface area contributed by atoms with E-state index >= 15 is 0 Å². The maximum Gasteiger partial charge on any atom is 0.191 e. The third-order valence-corrected chi connectivity index (χ3v) is 3.72. The van der Waals surface area contributed by atoms with Crippen LogP contribution < -0.4 is 10.6 Å². The van der Waals surface area contributed by atoms with E-state index in [-0.39, 0.29) is 0 Å². The Morgan fingerprint density at radius 3 is 2.76 bits per heavy atom. The van der Waals surface area contributed by atoms with Gasteiger partial charge in [0.25, 0.3) is 0 Å². The molecule has 0 atom stereocenters. The summed E-state index contributed by atoms with van der Waals surface area (Å²) in [5.74, 6) is 1.51. The van der Waals surface area contributed by atoms with E-state index < -0.39 is 0 Å². The maximum absolute atomic E-state index is 4.55. The zero-order valence-electron chi connectivity index (χ0n) is 10.6. The lowest BCUT2D eigenvalue weighted by molar-refractivity contribution is 0.615. The zero-order valence-corrected chi connectivity index (χ0v) is 13.0. The van der Waals surface area contributed by atoms with Crippen LogP contribution in [0.4, 0.5) is 0 Å². The first-order valence-electron chi connectivity index (χ1n) is 5.87. The second-order valence-electron chi connectivity index (χ2n) is 4.20. The van der Waals surface area contributed by atoms with Crippen LogP contribution in [0.25, 0.3) is 0 Å². The van der Waals surface area contributed by atoms with Gasteiger partial charge >= 0.3 is 0 Å². The van der Waals surface area contributed by atoms with Crippen molar-refractivity contribution in [3.05, 3.63) is 20.8 Å². The molecule has 0 unspecified atom stereocenters. The molecule has 0 aliphatic heterocycles. The first-order chi connectivity index (χ1) is 8.11. The average molecular weight is 318 g/mol. The second kappa shape index (κ2) is 7.71. The predicted octanol–water partition coefficient (Wildman–Crippen LogP) is 3.22. The highest BCUT2D eigenvalue weighted by Crippen LogP contribution is 2.20. The Kier molecular flexibility index (Phi) is 6.58. The van der Waals surface area contributed by atoms with Crippen molar-refractivity contribution in [2.45, 2.75) is 27.3 Å². The number of hydrogen-bond acceptors (Lipinski definition) is 2. The lowest BCUT2D eigenvalue weighted by atomic mass is 10.2. The first kappa shape index (κ1) is 14.5. The minimum absolute atomic E-state index is 0.620. The van der Waals surface area contributed by atoms with Crippen molar-refractivity contribution in [2.24, 2.45) is 10.9 Å². The molecule has 96 valence electrons. The molecule has 0 saturated carbocycles. The molecule has 0 aliphatic carbocycles. The predicted molar refractivity (Wildman–Crippen MR) is 79.7 cm³/mol. The molecule has 0 saturated heterocycles. The molecule has 2 N–H and O–H groups in total. The summed E-state index contributed by atoms with van der Waals surface area (Å²) in [6.45, 7) is 9.01. The Balaban J connectivity index is 2.50. The summed E-state index contributed by atoms with van der Waals surface area (Å²) in [5, 5.41) is 8.66. The van der Waals surface area contributed by atoms with Gasteiger partial charge in [-0.25, -0.2) is 4.99 Å². The van der Waals surface area contributed by atoms with Crippen molar-refractivity contribution < 1.29 is 0 Å². The highest BCUT2D eigenvalue weighted by atomic mass is 79.9. The molecule has 0 bridgehead atoms. The van der Waals surface area contributed by atoms with Gasteiger partial charge in [-0.05, 0) is 34.8 Å². The number of aliphatic imine (C=N–C) groups is 1. The average Bonchev–Trinajstić information content (AvgIpc) is 2.68. The van der Waals surface area contributed by atoms with Gasteiger partial charge in [0.15, 0.2) is 5.96 Å². The van der Waals surface area contributed by atoms with Crippen molar-refractivity contribution in [3.63, 3.8) is 0 Å². The summed E-state index contributed by atoms with van der Waals surface area (Å²) >= 11 is 5.17. The number of rotatable bonds is 5. The molecular formula is C12H20BrN3S. The van der Waals surface area contributed by atoms with Gasteiger partial charge in [0, 0.05) is 27.8 Å². The summed E-state index contributed by atoms with van der Waals surface area (Å²) in [4.78, 5) is 5.82. The molecule has 0 fully saturated rings. The quantitative estimate of drug-likeness (QED) is 0.646. The van der Waals surface area contributed by atoms with Gasteiger partial charge in [-0.2, -0.15) is 0 Å². The molecule has 3 nitrogen and oxygen atoms in total. The molecule has 1 aromatic heterocycles. The summed E-state index contributed by atoms with van der Waals surface area (Å²) in [7, 11) is 0. The largest absolute Gasteiger partial charge is 0.357 e. The Morgan fingerprint density at radius 1 is 1.47 bits per heavy atom. The van der Waals surface area contributed by atoms with E-state index in [0.717, 1.165) is 30.1 Å². The lowest BCUT2D eigenvalue weighted by Crippen LogP contribution is -2.39. The highest BCUT2D eigenvalue weighted by Gasteiger charge is 2.00. The van der Waals surface area contributed by atoms with Crippen LogP contribution in [0.2, 0.25) is 0 Å². The van der Waals surface area contributed by atoms with Gasteiger partial charge in [0.2, 0.25) is 0 Å². The van der Waals surface area contributed by atoms with Crippen LogP contribution in [-0.2, 0) is 6.54 Å². The lowest BCUT2D eigenvalue weighted by Gasteiger charge is -2.12. The van der Waals surface area contributed by atoms with Gasteiger partial charge in [0.05, 0.1) is 6.54 Å². The number of hydrogen-bond donors (Lipinski definition) is 2. The Hall–Kier alpha value is -0.550. The molecule has 0 radical (unpaired) electrons. The van der Waals surface area contributed by atoms with E-state index in [1.54, 1.807) is 11.3 Å². The van der Waals surface area contributed by atoms with Gasteiger partial charge in [-0.1, -0.05) is 13.8 Å². The van der Waals surface area contributed by atoms with Crippen LogP contribution in [0.5, 0.6) is 0 Å². The van der Waals surface area contributed by atoms with Crippen LogP contribution in [0.3, 0.4) is 0 Å². The van der Waals surface area contributed by atoms with E-state index in [0.29, 0.717) is 5.92 Å². The second-order valence-corrected chi connectivity index (χ2v) is 6.11. The fourth-order valence-electron chi connectivity index (χ4n) is 1.24. The van der Waals surface area contributed by atoms with Gasteiger partial charge in [-0.3, -0.25) is 0 Å². The zero-order chi connectivity index (χ0) is 12.7. The van der Waals surface area contributed by atoms with Crippen molar-refractivity contribution in [1.82, 2.24) is 10.6 Å². The topological polar surface area (TPSA) is 36.4 Å². The number of nitrogens with zero attached hydrogens (tertiary/aromatic N) is 1. The Morgan fingerprint density at radius 2 is 2.24 bits per heavy atom. The van der Waals surface area contributed by atoms with Crippen molar-refractivity contribution >= 4 is 33.2 Å². The molecule has 0 spiro atoms. The fraction of sp³-hybridized carbons (Fsp3) is 0.583. The fourth-order valence-corrected chi connectivity index (χ4v) is 2.61. The van der Waals surface area contributed by atoms with Crippen LogP contribution in [0.1, 0.15) is 25.6 Å². The van der Waals surface area contributed by atoms with E-state index in [2.05, 4.69) is 63.8 Å². The number of guanidine groups is 1. The van der Waals surface area contributed by atoms with E-state index in [1.165, 1.54) is 4.88 Å². The Bertz CT molecular complexity index is 360. The monoisotopic (exact) mass is 317 g/mol. The summed E-state index contributed by atoms with van der Waals surface area (Å²) in [5.41, 5.74) is 0. The third-order valence-electron chi connectivity index (χ3n) is 2.04. The minimum atomic E-state index is 0.620. The van der Waals surface area contributed by atoms with Gasteiger partial charge in [-0.15, -0.1) is 11.3 Å². The van der Waals surface area contributed by atoms with Gasteiger partial charge in [0.1, 0.15) is 0 Å². The van der Waals surface area contributed by atoms with Crippen molar-refractivity contribution in [3.8, 4) is 0 Å². The molecule has 5 heteroatoms. The number of nitrogens with one attached hydrogen (secondary N) is 2. The first-order valence-corrected chi connectivity index (χ1v) is 7.54. The molecular weight excluding hydrogens is 298 g/mol. The molecule has 0 amide bonds. The molecule has 0 aliphatic rings. The molecule has 0 aromatic carbocycles. The molecule has 17 heavy (non-hydrogen) atoms. The summed E-state index contributed by atoms with van der Waals surface area (Å²) < 4.78 is 1.13. The number of halogens is 1. The Labute approximate surface area is 116 Å². The van der Waals surface area contributed by atoms with Crippen LogP contribution in [0, 0.1) is 5.92 Å². The maximum atomic E-state index is 4.55. The van der Waals surface area contributed by atoms with E-state index in [9.17, 15) is 0 Å². The number of thiophene rings is 1. The normalized spacial score (nSPS) is 11.9. The SMILES string of the molecule is CCNC(=NCc1cc(Br)cs1)NCC(C)C. The third kappa shape index (κ3) is 6.07. The smallest absolute Gasteiger partial charge is 0.191 e. The van der Waals surface area contributed by atoms with Crippen LogP contribution in [-0.4, -0.2) is 19.0 Å². The molecule has 1 aromatic rings. The van der Waals surface area contributed by atoms with Crippen LogP contribution in [0.15, 0.2) is 20.9 Å². The molecule has 1 rings (SSSR count). The summed E-state index contributed by atoms with van der Waals surface area (Å²) in [6, 6.07) is 2.11.